The molecule has 0 saturated carbocycles. The molecular weight excluding hydrogens is 366 g/mol. The van der Waals surface area contributed by atoms with Gasteiger partial charge in [0.2, 0.25) is 0 Å². The Kier molecular flexibility index (Phi) is 5.62. The maximum atomic E-state index is 12.8. The lowest BCUT2D eigenvalue weighted by molar-refractivity contribution is -0.143. The molecule has 0 spiro atoms. The maximum Gasteiger partial charge on any atom is 0.416 e. The van der Waals surface area contributed by atoms with E-state index in [1.165, 1.54) is 0 Å². The Morgan fingerprint density at radius 3 is 1.84 bits per heavy atom. The topological polar surface area (TPSA) is 17.1 Å². The molecule has 0 radical (unpaired) electrons. The number of hydrogen-bond donors (Lipinski definition) is 0. The normalized spacial score (nSPS) is 12.6. The average Bonchev–Trinajstić information content (AvgIpc) is 2.53. The summed E-state index contributed by atoms with van der Waals surface area (Å²) in [6, 6.07) is 9.34. The summed E-state index contributed by atoms with van der Waals surface area (Å²) in [5, 5.41) is 1.16. The predicted molar refractivity (Wildman–Crippen MR) is 82.2 cm³/mol. The zero-order valence-electron chi connectivity index (χ0n) is 12.4. The molecule has 0 amide bonds. The molecule has 0 aliphatic heterocycles. The van der Waals surface area contributed by atoms with Crippen molar-refractivity contribution in [3.8, 4) is 0 Å². The first-order chi connectivity index (χ1) is 11.6. The van der Waals surface area contributed by atoms with Crippen LogP contribution in [0.2, 0.25) is 0 Å². The van der Waals surface area contributed by atoms with Gasteiger partial charge in [-0.15, -0.1) is 0 Å². The molecule has 2 rings (SSSR count). The molecule has 0 aliphatic carbocycles. The Labute approximate surface area is 143 Å². The fraction of sp³-hybridized carbons (Fsp3) is 0.118. The molecule has 25 heavy (non-hydrogen) atoms. The van der Waals surface area contributed by atoms with Gasteiger partial charge in [-0.2, -0.15) is 26.3 Å². The Bertz CT molecular complexity index is 746. The van der Waals surface area contributed by atoms with Crippen LogP contribution in [0.4, 0.5) is 26.3 Å². The van der Waals surface area contributed by atoms with E-state index in [9.17, 15) is 31.1 Å². The molecule has 0 fully saturated rings. The number of halogens is 6. The lowest BCUT2D eigenvalue weighted by Crippen LogP contribution is -2.10. The highest BCUT2D eigenvalue weighted by atomic mass is 32.2. The summed E-state index contributed by atoms with van der Waals surface area (Å²) in [4.78, 5) is 11.6. The second-order valence-corrected chi connectivity index (χ2v) is 5.87. The fourth-order valence-electron chi connectivity index (χ4n) is 1.87. The summed E-state index contributed by atoms with van der Waals surface area (Å²) in [7, 11) is 0. The van der Waals surface area contributed by atoms with E-state index in [4.69, 9.17) is 0 Å². The van der Waals surface area contributed by atoms with Gasteiger partial charge in [-0.05, 0) is 29.7 Å². The van der Waals surface area contributed by atoms with Crippen molar-refractivity contribution in [1.82, 2.24) is 0 Å². The van der Waals surface area contributed by atoms with Gasteiger partial charge < -0.3 is 0 Å². The Morgan fingerprint density at radius 1 is 0.840 bits per heavy atom. The molecule has 8 heteroatoms. The Morgan fingerprint density at radius 2 is 1.36 bits per heavy atom. The molecule has 132 valence electrons. The predicted octanol–water partition coefficient (Wildman–Crippen LogP) is 6.21. The molecule has 2 aromatic carbocycles. The zero-order valence-corrected chi connectivity index (χ0v) is 13.2. The third-order valence-electron chi connectivity index (χ3n) is 3.04. The smallest absolute Gasteiger partial charge is 0.289 e. The number of carbonyl (C=O) groups excluding carboxylic acids is 1. The lowest BCUT2D eigenvalue weighted by atomic mass is 10.1. The third kappa shape index (κ3) is 5.38. The number of alkyl halides is 6. The third-order valence-corrected chi connectivity index (χ3v) is 3.82. The molecule has 0 aromatic heterocycles. The van der Waals surface area contributed by atoms with E-state index in [1.807, 2.05) is 0 Å². The number of carbonyl (C=O) groups is 1. The SMILES string of the molecule is O=C(/C=C/Sc1cc(C(F)(F)F)cc(C(F)(F)F)c1)c1ccccc1. The minimum absolute atomic E-state index is 0.0584. The van der Waals surface area contributed by atoms with Crippen LogP contribution in [0.5, 0.6) is 0 Å². The molecule has 0 atom stereocenters. The van der Waals surface area contributed by atoms with Crippen molar-refractivity contribution >= 4 is 17.5 Å². The van der Waals surface area contributed by atoms with Gasteiger partial charge >= 0.3 is 12.4 Å². The standard InChI is InChI=1S/C17H10F6OS/c18-16(19,20)12-8-13(17(21,22)23)10-14(9-12)25-7-6-15(24)11-4-2-1-3-5-11/h1-10H/b7-6+. The summed E-state index contributed by atoms with van der Waals surface area (Å²) in [5.74, 6) is -0.406. The highest BCUT2D eigenvalue weighted by Crippen LogP contribution is 2.38. The highest BCUT2D eigenvalue weighted by molar-refractivity contribution is 8.02. The van der Waals surface area contributed by atoms with Crippen molar-refractivity contribution in [3.63, 3.8) is 0 Å². The van der Waals surface area contributed by atoms with Gasteiger partial charge in [-0.1, -0.05) is 42.1 Å². The monoisotopic (exact) mass is 376 g/mol. The highest BCUT2D eigenvalue weighted by Gasteiger charge is 2.36. The minimum Gasteiger partial charge on any atom is -0.289 e. The van der Waals surface area contributed by atoms with Crippen molar-refractivity contribution in [2.24, 2.45) is 0 Å². The van der Waals surface area contributed by atoms with Crippen LogP contribution in [-0.4, -0.2) is 5.78 Å². The van der Waals surface area contributed by atoms with Crippen LogP contribution in [0.15, 0.2) is 64.9 Å². The first-order valence-corrected chi connectivity index (χ1v) is 7.67. The van der Waals surface area contributed by atoms with Crippen LogP contribution in [0.1, 0.15) is 21.5 Å². The van der Waals surface area contributed by atoms with Gasteiger partial charge in [0, 0.05) is 10.5 Å². The van der Waals surface area contributed by atoms with E-state index < -0.39 is 29.3 Å². The van der Waals surface area contributed by atoms with Gasteiger partial charge in [0.05, 0.1) is 11.1 Å². The molecule has 0 heterocycles. The second-order valence-electron chi connectivity index (χ2n) is 4.89. The van der Waals surface area contributed by atoms with Crippen molar-refractivity contribution in [2.45, 2.75) is 17.2 Å². The molecule has 1 nitrogen and oxygen atoms in total. The van der Waals surface area contributed by atoms with Crippen molar-refractivity contribution in [3.05, 3.63) is 76.7 Å². The molecule has 0 saturated heterocycles. The van der Waals surface area contributed by atoms with Gasteiger partial charge in [0.1, 0.15) is 0 Å². The van der Waals surface area contributed by atoms with E-state index in [1.54, 1.807) is 30.3 Å². The first-order valence-electron chi connectivity index (χ1n) is 6.79. The summed E-state index contributed by atoms with van der Waals surface area (Å²) in [6.07, 6.45) is -8.71. The molecule has 2 aromatic rings. The molecule has 0 N–H and O–H groups in total. The van der Waals surface area contributed by atoms with Crippen LogP contribution in [-0.2, 0) is 12.4 Å². The summed E-state index contributed by atoms with van der Waals surface area (Å²) in [5.41, 5.74) is -2.43. The maximum absolute atomic E-state index is 12.8. The van der Waals surface area contributed by atoms with Gasteiger partial charge in [0.15, 0.2) is 5.78 Å². The summed E-state index contributed by atoms with van der Waals surface area (Å²) >= 11 is 0.603. The number of thioether (sulfide) groups is 1. The van der Waals surface area contributed by atoms with E-state index in [-0.39, 0.29) is 11.0 Å². The van der Waals surface area contributed by atoms with Crippen LogP contribution in [0.3, 0.4) is 0 Å². The van der Waals surface area contributed by atoms with Crippen molar-refractivity contribution in [2.75, 3.05) is 0 Å². The Hall–Kier alpha value is -2.22. The van der Waals surface area contributed by atoms with Gasteiger partial charge in [-0.3, -0.25) is 4.79 Å². The molecule has 0 aliphatic rings. The van der Waals surface area contributed by atoms with Gasteiger partial charge in [-0.25, -0.2) is 0 Å². The Balaban J connectivity index is 2.24. The largest absolute Gasteiger partial charge is 0.416 e. The van der Waals surface area contributed by atoms with Crippen LogP contribution in [0, 0.1) is 0 Å². The molecular formula is C17H10F6OS. The van der Waals surface area contributed by atoms with E-state index in [2.05, 4.69) is 0 Å². The van der Waals surface area contributed by atoms with Crippen molar-refractivity contribution in [1.29, 1.82) is 0 Å². The van der Waals surface area contributed by atoms with E-state index >= 15 is 0 Å². The summed E-state index contributed by atoms with van der Waals surface area (Å²) < 4.78 is 76.6. The second kappa shape index (κ2) is 7.35. The van der Waals surface area contributed by atoms with E-state index in [0.717, 1.165) is 11.5 Å². The lowest BCUT2D eigenvalue weighted by Gasteiger charge is -2.13. The van der Waals surface area contributed by atoms with Crippen LogP contribution >= 0.6 is 11.8 Å². The molecule has 0 unspecified atom stereocenters. The summed E-state index contributed by atoms with van der Waals surface area (Å²) in [6.45, 7) is 0. The van der Waals surface area contributed by atoms with Crippen LogP contribution < -0.4 is 0 Å². The zero-order chi connectivity index (χ0) is 18.7. The van der Waals surface area contributed by atoms with E-state index in [0.29, 0.717) is 29.5 Å². The number of allylic oxidation sites excluding steroid dienone is 1. The quantitative estimate of drug-likeness (QED) is 0.273. The number of rotatable bonds is 4. The minimum atomic E-state index is -4.90. The molecule has 0 bridgehead atoms. The number of ketones is 1. The number of hydrogen-bond acceptors (Lipinski definition) is 2. The first kappa shape index (κ1) is 19.1. The average molecular weight is 376 g/mol. The van der Waals surface area contributed by atoms with Crippen LogP contribution in [0.25, 0.3) is 0 Å². The van der Waals surface area contributed by atoms with Crippen molar-refractivity contribution < 1.29 is 31.1 Å². The fourth-order valence-corrected chi connectivity index (χ4v) is 2.61. The van der Waals surface area contributed by atoms with Gasteiger partial charge in [0.25, 0.3) is 0 Å². The number of benzene rings is 2.